The van der Waals surface area contributed by atoms with Gasteiger partial charge >= 0.3 is 0 Å². The summed E-state index contributed by atoms with van der Waals surface area (Å²) < 4.78 is 13.0. The molecule has 2 aliphatic rings. The van der Waals surface area contributed by atoms with Gasteiger partial charge in [-0.3, -0.25) is 4.90 Å². The SMILES string of the molecule is CC(C)n1cnc2c(NCCO)nc(N3CCN(Cc4ccc5c(c4)OCO5)CC3)nc21. The van der Waals surface area contributed by atoms with E-state index in [-0.39, 0.29) is 12.6 Å². The van der Waals surface area contributed by atoms with Crippen molar-refractivity contribution < 1.29 is 14.6 Å². The molecular weight excluding hydrogens is 410 g/mol. The first-order valence-electron chi connectivity index (χ1n) is 11.1. The zero-order chi connectivity index (χ0) is 22.1. The lowest BCUT2D eigenvalue weighted by Gasteiger charge is -2.35. The molecule has 0 saturated carbocycles. The van der Waals surface area contributed by atoms with Crippen molar-refractivity contribution in [3.63, 3.8) is 0 Å². The number of nitrogens with one attached hydrogen (secondary N) is 1. The largest absolute Gasteiger partial charge is 0.454 e. The molecular formula is C22H29N7O3. The van der Waals surface area contributed by atoms with Gasteiger partial charge in [-0.05, 0) is 31.5 Å². The second-order valence-corrected chi connectivity index (χ2v) is 8.39. The van der Waals surface area contributed by atoms with Crippen LogP contribution in [0.25, 0.3) is 11.2 Å². The van der Waals surface area contributed by atoms with E-state index >= 15 is 0 Å². The van der Waals surface area contributed by atoms with E-state index in [1.165, 1.54) is 5.56 Å². The zero-order valence-electron chi connectivity index (χ0n) is 18.5. The molecule has 1 fully saturated rings. The minimum Gasteiger partial charge on any atom is -0.454 e. The second kappa shape index (κ2) is 8.79. The van der Waals surface area contributed by atoms with Gasteiger partial charge in [-0.15, -0.1) is 0 Å². The summed E-state index contributed by atoms with van der Waals surface area (Å²) in [5, 5.41) is 12.4. The van der Waals surface area contributed by atoms with E-state index in [9.17, 15) is 5.11 Å². The molecule has 5 rings (SSSR count). The molecule has 0 bridgehead atoms. The number of anilines is 2. The first-order chi connectivity index (χ1) is 15.6. The Morgan fingerprint density at radius 3 is 2.69 bits per heavy atom. The molecule has 2 aliphatic heterocycles. The fourth-order valence-corrected chi connectivity index (χ4v) is 4.13. The van der Waals surface area contributed by atoms with Gasteiger partial charge in [-0.1, -0.05) is 6.07 Å². The Kier molecular flexibility index (Phi) is 5.71. The maximum absolute atomic E-state index is 9.25. The number of rotatable bonds is 7. The molecule has 170 valence electrons. The summed E-state index contributed by atoms with van der Waals surface area (Å²) in [4.78, 5) is 18.8. The molecule has 32 heavy (non-hydrogen) atoms. The van der Waals surface area contributed by atoms with Crippen molar-refractivity contribution >= 4 is 22.9 Å². The number of benzene rings is 1. The predicted molar refractivity (Wildman–Crippen MR) is 121 cm³/mol. The van der Waals surface area contributed by atoms with Crippen LogP contribution in [0.5, 0.6) is 11.5 Å². The van der Waals surface area contributed by atoms with Gasteiger partial charge < -0.3 is 29.4 Å². The summed E-state index contributed by atoms with van der Waals surface area (Å²) in [6.07, 6.45) is 1.81. The van der Waals surface area contributed by atoms with Crippen molar-refractivity contribution in [1.82, 2.24) is 24.4 Å². The first-order valence-corrected chi connectivity index (χ1v) is 11.1. The van der Waals surface area contributed by atoms with Gasteiger partial charge in [-0.2, -0.15) is 9.97 Å². The van der Waals surface area contributed by atoms with E-state index in [1.54, 1.807) is 6.33 Å². The number of aromatic nitrogens is 4. The Balaban J connectivity index is 1.31. The van der Waals surface area contributed by atoms with E-state index < -0.39 is 0 Å². The Morgan fingerprint density at radius 1 is 1.09 bits per heavy atom. The predicted octanol–water partition coefficient (Wildman–Crippen LogP) is 1.86. The molecule has 10 nitrogen and oxygen atoms in total. The number of hydrogen-bond acceptors (Lipinski definition) is 9. The lowest BCUT2D eigenvalue weighted by atomic mass is 10.1. The van der Waals surface area contributed by atoms with E-state index in [4.69, 9.17) is 19.4 Å². The standard InChI is InChI=1S/C22H29N7O3/c1-15(2)29-13-24-19-20(23-5-10-30)25-22(26-21(19)29)28-8-6-27(7-9-28)12-16-3-4-17-18(11-16)32-14-31-17/h3-4,11,13,15,30H,5-10,12,14H2,1-2H3,(H,23,25,26). The van der Waals surface area contributed by atoms with Gasteiger partial charge in [-0.25, -0.2) is 4.98 Å². The number of hydrogen-bond donors (Lipinski definition) is 2. The number of ether oxygens (including phenoxy) is 2. The van der Waals surface area contributed by atoms with E-state index in [1.807, 2.05) is 6.07 Å². The van der Waals surface area contributed by atoms with Gasteiger partial charge in [0.1, 0.15) is 0 Å². The Labute approximate surface area is 186 Å². The summed E-state index contributed by atoms with van der Waals surface area (Å²) in [6.45, 7) is 9.35. The Bertz CT molecular complexity index is 1090. The molecule has 0 unspecified atom stereocenters. The van der Waals surface area contributed by atoms with Gasteiger partial charge in [0.05, 0.1) is 12.9 Å². The molecule has 1 aromatic carbocycles. The molecule has 10 heteroatoms. The molecule has 1 saturated heterocycles. The van der Waals surface area contributed by atoms with Gasteiger partial charge in [0.2, 0.25) is 12.7 Å². The Hall–Kier alpha value is -3.11. The topological polar surface area (TPSA) is 101 Å². The lowest BCUT2D eigenvalue weighted by molar-refractivity contribution is 0.174. The number of imidazole rings is 1. The van der Waals surface area contributed by atoms with E-state index in [2.05, 4.69) is 50.6 Å². The highest BCUT2D eigenvalue weighted by atomic mass is 16.7. The second-order valence-electron chi connectivity index (χ2n) is 8.39. The number of nitrogens with zero attached hydrogens (tertiary/aromatic N) is 6. The van der Waals surface area contributed by atoms with Gasteiger partial charge in [0, 0.05) is 45.3 Å². The quantitative estimate of drug-likeness (QED) is 0.571. The smallest absolute Gasteiger partial charge is 0.231 e. The van der Waals surface area contributed by atoms with Crippen LogP contribution in [-0.4, -0.2) is 75.6 Å². The van der Waals surface area contributed by atoms with Crippen LogP contribution in [0.4, 0.5) is 11.8 Å². The Morgan fingerprint density at radius 2 is 1.91 bits per heavy atom. The lowest BCUT2D eigenvalue weighted by Crippen LogP contribution is -2.46. The highest BCUT2D eigenvalue weighted by molar-refractivity contribution is 5.84. The van der Waals surface area contributed by atoms with Crippen molar-refractivity contribution in [3.8, 4) is 11.5 Å². The summed E-state index contributed by atoms with van der Waals surface area (Å²) in [7, 11) is 0. The van der Waals surface area contributed by atoms with Crippen LogP contribution in [0.1, 0.15) is 25.5 Å². The molecule has 0 atom stereocenters. The fourth-order valence-electron chi connectivity index (χ4n) is 4.13. The third kappa shape index (κ3) is 4.03. The summed E-state index contributed by atoms with van der Waals surface area (Å²) in [5.41, 5.74) is 2.77. The maximum Gasteiger partial charge on any atom is 0.231 e. The van der Waals surface area contributed by atoms with Crippen molar-refractivity contribution in [2.45, 2.75) is 26.4 Å². The molecule has 2 aromatic heterocycles. The van der Waals surface area contributed by atoms with Crippen LogP contribution < -0.4 is 19.7 Å². The number of aliphatic hydroxyl groups excluding tert-OH is 1. The molecule has 0 spiro atoms. The number of piperazine rings is 1. The highest BCUT2D eigenvalue weighted by Crippen LogP contribution is 2.33. The third-order valence-electron chi connectivity index (χ3n) is 5.87. The normalized spacial score (nSPS) is 16.3. The van der Waals surface area contributed by atoms with Crippen LogP contribution in [0, 0.1) is 0 Å². The molecule has 4 heterocycles. The molecule has 2 N–H and O–H groups in total. The minimum absolute atomic E-state index is 0.0320. The minimum atomic E-state index is 0.0320. The van der Waals surface area contributed by atoms with Crippen LogP contribution in [0.3, 0.4) is 0 Å². The molecule has 0 amide bonds. The van der Waals surface area contributed by atoms with Gasteiger partial charge in [0.25, 0.3) is 0 Å². The molecule has 3 aromatic rings. The molecule has 0 radical (unpaired) electrons. The van der Waals surface area contributed by atoms with Crippen LogP contribution in [0.2, 0.25) is 0 Å². The van der Waals surface area contributed by atoms with Gasteiger partial charge in [0.15, 0.2) is 28.5 Å². The fraction of sp³-hybridized carbons (Fsp3) is 0.500. The van der Waals surface area contributed by atoms with E-state index in [0.717, 1.165) is 55.4 Å². The van der Waals surface area contributed by atoms with Crippen molar-refractivity contribution in [3.05, 3.63) is 30.1 Å². The van der Waals surface area contributed by atoms with E-state index in [0.29, 0.717) is 25.1 Å². The monoisotopic (exact) mass is 439 g/mol. The highest BCUT2D eigenvalue weighted by Gasteiger charge is 2.23. The maximum atomic E-state index is 9.25. The van der Waals surface area contributed by atoms with Crippen molar-refractivity contribution in [1.29, 1.82) is 0 Å². The summed E-state index contributed by atoms with van der Waals surface area (Å²) in [5.74, 6) is 3.01. The average molecular weight is 440 g/mol. The summed E-state index contributed by atoms with van der Waals surface area (Å²) in [6, 6.07) is 6.39. The molecule has 0 aliphatic carbocycles. The van der Waals surface area contributed by atoms with Crippen molar-refractivity contribution in [2.75, 3.05) is 56.3 Å². The number of aliphatic hydroxyl groups is 1. The van der Waals surface area contributed by atoms with Crippen LogP contribution in [0.15, 0.2) is 24.5 Å². The van der Waals surface area contributed by atoms with Crippen LogP contribution in [-0.2, 0) is 6.54 Å². The number of fused-ring (bicyclic) bond motifs is 2. The third-order valence-corrected chi connectivity index (χ3v) is 5.87. The first kappa shape index (κ1) is 20.8. The van der Waals surface area contributed by atoms with Crippen LogP contribution >= 0.6 is 0 Å². The zero-order valence-corrected chi connectivity index (χ0v) is 18.5. The average Bonchev–Trinajstić information content (AvgIpc) is 3.44. The summed E-state index contributed by atoms with van der Waals surface area (Å²) >= 11 is 0. The van der Waals surface area contributed by atoms with Crippen molar-refractivity contribution in [2.24, 2.45) is 0 Å².